The van der Waals surface area contributed by atoms with Gasteiger partial charge in [0.25, 0.3) is 0 Å². The van der Waals surface area contributed by atoms with Crippen LogP contribution in [0.25, 0.3) is 0 Å². The van der Waals surface area contributed by atoms with E-state index in [4.69, 9.17) is 4.74 Å². The summed E-state index contributed by atoms with van der Waals surface area (Å²) in [5.74, 6) is 1.52. The van der Waals surface area contributed by atoms with E-state index in [1.165, 1.54) is 12.1 Å². The molecule has 3 aliphatic heterocycles. The molecule has 0 saturated carbocycles. The van der Waals surface area contributed by atoms with Crippen LogP contribution < -0.4 is 0 Å². The van der Waals surface area contributed by atoms with Gasteiger partial charge < -0.3 is 9.64 Å². The molecule has 5 heteroatoms. The first-order valence-corrected chi connectivity index (χ1v) is 9.51. The van der Waals surface area contributed by atoms with Crippen molar-refractivity contribution in [2.75, 3.05) is 39.4 Å². The van der Waals surface area contributed by atoms with Crippen molar-refractivity contribution in [3.05, 3.63) is 35.6 Å². The maximum Gasteiger partial charge on any atom is 0.222 e. The molecule has 3 saturated heterocycles. The molecule has 25 heavy (non-hydrogen) atoms. The molecular formula is C20H27FN2O2. The fourth-order valence-electron chi connectivity index (χ4n) is 4.70. The van der Waals surface area contributed by atoms with Gasteiger partial charge in [-0.2, -0.15) is 0 Å². The molecule has 4 nitrogen and oxygen atoms in total. The number of carbonyl (C=O) groups excluding carboxylic acids is 1. The number of halogens is 1. The Hall–Kier alpha value is -1.46. The summed E-state index contributed by atoms with van der Waals surface area (Å²) in [6, 6.07) is 6.78. The largest absolute Gasteiger partial charge is 0.381 e. The highest BCUT2D eigenvalue weighted by Gasteiger charge is 2.41. The van der Waals surface area contributed by atoms with Gasteiger partial charge in [0, 0.05) is 39.1 Å². The zero-order chi connectivity index (χ0) is 17.2. The minimum Gasteiger partial charge on any atom is -0.381 e. The van der Waals surface area contributed by atoms with Crippen LogP contribution in [0.4, 0.5) is 4.39 Å². The Labute approximate surface area is 148 Å². The van der Waals surface area contributed by atoms with Gasteiger partial charge in [-0.05, 0) is 48.3 Å². The third-order valence-electron chi connectivity index (χ3n) is 6.05. The Morgan fingerprint density at radius 3 is 2.64 bits per heavy atom. The second kappa shape index (κ2) is 7.42. The molecule has 3 fully saturated rings. The Kier molecular flexibility index (Phi) is 5.04. The van der Waals surface area contributed by atoms with E-state index in [-0.39, 0.29) is 5.82 Å². The van der Waals surface area contributed by atoms with Gasteiger partial charge in [0.1, 0.15) is 5.82 Å². The third kappa shape index (κ3) is 3.87. The van der Waals surface area contributed by atoms with Crippen molar-refractivity contribution in [2.24, 2.45) is 17.8 Å². The van der Waals surface area contributed by atoms with E-state index < -0.39 is 0 Å². The monoisotopic (exact) mass is 346 g/mol. The van der Waals surface area contributed by atoms with E-state index in [1.54, 1.807) is 0 Å². The van der Waals surface area contributed by atoms with Crippen molar-refractivity contribution in [2.45, 2.75) is 25.8 Å². The number of hydrogen-bond donors (Lipinski definition) is 0. The van der Waals surface area contributed by atoms with Crippen LogP contribution >= 0.6 is 0 Å². The molecule has 1 aromatic carbocycles. The summed E-state index contributed by atoms with van der Waals surface area (Å²) in [6.45, 7) is 6.25. The molecule has 3 heterocycles. The van der Waals surface area contributed by atoms with Crippen molar-refractivity contribution < 1.29 is 13.9 Å². The lowest BCUT2D eigenvalue weighted by atomic mass is 9.81. The van der Waals surface area contributed by atoms with Gasteiger partial charge >= 0.3 is 0 Å². The van der Waals surface area contributed by atoms with Crippen molar-refractivity contribution in [1.29, 1.82) is 0 Å². The first kappa shape index (κ1) is 17.0. The van der Waals surface area contributed by atoms with Gasteiger partial charge in [-0.25, -0.2) is 4.39 Å². The molecule has 0 aliphatic carbocycles. The minimum atomic E-state index is -0.187. The number of hydrogen-bond acceptors (Lipinski definition) is 3. The molecule has 1 amide bonds. The van der Waals surface area contributed by atoms with Crippen LogP contribution in [0.2, 0.25) is 0 Å². The van der Waals surface area contributed by atoms with E-state index in [0.29, 0.717) is 36.7 Å². The third-order valence-corrected chi connectivity index (χ3v) is 6.05. The van der Waals surface area contributed by atoms with Gasteiger partial charge in [0.15, 0.2) is 0 Å². The van der Waals surface area contributed by atoms with Crippen LogP contribution in [0.1, 0.15) is 24.8 Å². The highest BCUT2D eigenvalue weighted by molar-refractivity contribution is 5.76. The molecule has 0 bridgehead atoms. The highest BCUT2D eigenvalue weighted by atomic mass is 19.1. The number of ether oxygens (including phenoxy) is 1. The summed E-state index contributed by atoms with van der Waals surface area (Å²) in [7, 11) is 0. The Balaban J connectivity index is 1.36. The molecule has 0 unspecified atom stereocenters. The molecule has 0 aromatic heterocycles. The summed E-state index contributed by atoms with van der Waals surface area (Å²) in [5, 5.41) is 0. The summed E-state index contributed by atoms with van der Waals surface area (Å²) < 4.78 is 18.9. The van der Waals surface area contributed by atoms with Crippen molar-refractivity contribution >= 4 is 5.91 Å². The smallest absolute Gasteiger partial charge is 0.222 e. The van der Waals surface area contributed by atoms with E-state index in [0.717, 1.165) is 57.7 Å². The lowest BCUT2D eigenvalue weighted by Crippen LogP contribution is -2.39. The van der Waals surface area contributed by atoms with E-state index in [1.807, 2.05) is 17.0 Å². The fraction of sp³-hybridized carbons (Fsp3) is 0.650. The summed E-state index contributed by atoms with van der Waals surface area (Å²) in [6.07, 6.45) is 2.92. The summed E-state index contributed by atoms with van der Waals surface area (Å²) in [5.41, 5.74) is 1.14. The highest BCUT2D eigenvalue weighted by Crippen LogP contribution is 2.36. The van der Waals surface area contributed by atoms with Crippen LogP contribution in [0.3, 0.4) is 0 Å². The van der Waals surface area contributed by atoms with Crippen LogP contribution in [0.15, 0.2) is 24.3 Å². The molecule has 136 valence electrons. The first-order chi connectivity index (χ1) is 12.2. The van der Waals surface area contributed by atoms with E-state index >= 15 is 0 Å². The molecule has 3 atom stereocenters. The van der Waals surface area contributed by atoms with E-state index in [2.05, 4.69) is 4.90 Å². The van der Waals surface area contributed by atoms with Crippen molar-refractivity contribution in [3.8, 4) is 0 Å². The van der Waals surface area contributed by atoms with Gasteiger partial charge in [-0.1, -0.05) is 12.1 Å². The van der Waals surface area contributed by atoms with Crippen LogP contribution in [-0.4, -0.2) is 55.1 Å². The number of carbonyl (C=O) groups is 1. The summed E-state index contributed by atoms with van der Waals surface area (Å²) in [4.78, 5) is 17.0. The van der Waals surface area contributed by atoms with Gasteiger partial charge in [0.2, 0.25) is 5.91 Å². The molecule has 3 aliphatic rings. The molecule has 0 N–H and O–H groups in total. The number of fused-ring (bicyclic) bond motifs is 1. The Bertz CT molecular complexity index is 600. The number of nitrogens with zero attached hydrogens (tertiary/aromatic N) is 2. The number of likely N-dealkylation sites (tertiary alicyclic amines) is 2. The average Bonchev–Trinajstić information content (AvgIpc) is 3.27. The second-order valence-electron chi connectivity index (χ2n) is 7.83. The average molecular weight is 346 g/mol. The SMILES string of the molecule is O=C(C[C@@H]1COC[C@H]2CN(Cc3ccc(F)cc3)C[C@@H]12)N1CCCC1. The Morgan fingerprint density at radius 2 is 1.88 bits per heavy atom. The van der Waals surface area contributed by atoms with E-state index in [9.17, 15) is 9.18 Å². The van der Waals surface area contributed by atoms with Gasteiger partial charge in [-0.3, -0.25) is 9.69 Å². The number of benzene rings is 1. The molecule has 4 rings (SSSR count). The Morgan fingerprint density at radius 1 is 1.12 bits per heavy atom. The zero-order valence-corrected chi connectivity index (χ0v) is 14.7. The number of rotatable bonds is 4. The van der Waals surface area contributed by atoms with Gasteiger partial charge in [0.05, 0.1) is 13.2 Å². The normalized spacial score (nSPS) is 29.8. The molecule has 0 spiro atoms. The maximum atomic E-state index is 13.1. The first-order valence-electron chi connectivity index (χ1n) is 9.51. The fourth-order valence-corrected chi connectivity index (χ4v) is 4.70. The molecule has 1 aromatic rings. The lowest BCUT2D eigenvalue weighted by molar-refractivity contribution is -0.133. The molecule has 0 radical (unpaired) electrons. The van der Waals surface area contributed by atoms with Crippen LogP contribution in [0.5, 0.6) is 0 Å². The maximum absolute atomic E-state index is 13.1. The zero-order valence-electron chi connectivity index (χ0n) is 14.7. The standard InChI is InChI=1S/C20H27FN2O2/c21-18-5-3-15(4-6-18)10-22-11-17-14-25-13-16(19(17)12-22)9-20(24)23-7-1-2-8-23/h3-6,16-17,19H,1-2,7-14H2/t16-,17-,19+/m1/s1. The van der Waals surface area contributed by atoms with Crippen LogP contribution in [0, 0.1) is 23.6 Å². The summed E-state index contributed by atoms with van der Waals surface area (Å²) >= 11 is 0. The number of amides is 1. The van der Waals surface area contributed by atoms with Gasteiger partial charge in [-0.15, -0.1) is 0 Å². The minimum absolute atomic E-state index is 0.187. The van der Waals surface area contributed by atoms with Crippen molar-refractivity contribution in [3.63, 3.8) is 0 Å². The lowest BCUT2D eigenvalue weighted by Gasteiger charge is -2.33. The predicted molar refractivity (Wildman–Crippen MR) is 93.4 cm³/mol. The van der Waals surface area contributed by atoms with Crippen molar-refractivity contribution in [1.82, 2.24) is 9.80 Å². The predicted octanol–water partition coefficient (Wildman–Crippen LogP) is 2.53. The molecular weight excluding hydrogens is 319 g/mol. The van der Waals surface area contributed by atoms with Crippen LogP contribution in [-0.2, 0) is 16.1 Å². The topological polar surface area (TPSA) is 32.8 Å². The quantitative estimate of drug-likeness (QED) is 0.840. The second-order valence-corrected chi connectivity index (χ2v) is 7.83.